The van der Waals surface area contributed by atoms with Crippen LogP contribution in [0.5, 0.6) is 0 Å². The van der Waals surface area contributed by atoms with Crippen LogP contribution in [0.1, 0.15) is 49.8 Å². The molecule has 1 aromatic carbocycles. The molecule has 1 unspecified atom stereocenters. The van der Waals surface area contributed by atoms with Gasteiger partial charge < -0.3 is 11.1 Å². The third kappa shape index (κ3) is 2.53. The fourth-order valence-electron chi connectivity index (χ4n) is 2.55. The van der Waals surface area contributed by atoms with Gasteiger partial charge in [-0.15, -0.1) is 0 Å². The van der Waals surface area contributed by atoms with Gasteiger partial charge in [-0.3, -0.25) is 0 Å². The number of benzene rings is 1. The summed E-state index contributed by atoms with van der Waals surface area (Å²) in [7, 11) is 2.01. The minimum absolute atomic E-state index is 0.177. The molecule has 1 atom stereocenters. The Labute approximate surface area is 105 Å². The summed E-state index contributed by atoms with van der Waals surface area (Å²) in [6.45, 7) is 5.47. The largest absolute Gasteiger partial charge is 0.323 e. The third-order valence-electron chi connectivity index (χ3n) is 4.04. The number of nitrogens with one attached hydrogen (secondary N) is 1. The second-order valence-electron chi connectivity index (χ2n) is 5.69. The highest BCUT2D eigenvalue weighted by Crippen LogP contribution is 2.53. The molecule has 0 aliphatic heterocycles. The minimum Gasteiger partial charge on any atom is -0.323 e. The van der Waals surface area contributed by atoms with Crippen molar-refractivity contribution in [2.45, 2.75) is 38.6 Å². The molecule has 0 saturated heterocycles. The van der Waals surface area contributed by atoms with Crippen molar-refractivity contribution in [1.82, 2.24) is 5.32 Å². The molecule has 2 rings (SSSR count). The Hall–Kier alpha value is -0.860. The van der Waals surface area contributed by atoms with Crippen molar-refractivity contribution in [3.8, 4) is 0 Å². The van der Waals surface area contributed by atoms with E-state index >= 15 is 0 Å². The van der Waals surface area contributed by atoms with Crippen LogP contribution in [0.15, 0.2) is 24.3 Å². The van der Waals surface area contributed by atoms with Gasteiger partial charge in [0, 0.05) is 18.0 Å². The Morgan fingerprint density at radius 3 is 2.12 bits per heavy atom. The minimum atomic E-state index is 0.177. The van der Waals surface area contributed by atoms with Gasteiger partial charge in [-0.05, 0) is 36.9 Å². The van der Waals surface area contributed by atoms with E-state index in [1.165, 1.54) is 24.0 Å². The van der Waals surface area contributed by atoms with Gasteiger partial charge in [0.1, 0.15) is 0 Å². The van der Waals surface area contributed by atoms with Crippen LogP contribution in [0, 0.1) is 5.41 Å². The lowest BCUT2D eigenvalue weighted by atomic mass is 9.89. The van der Waals surface area contributed by atoms with Crippen LogP contribution in [0.4, 0.5) is 0 Å². The van der Waals surface area contributed by atoms with Crippen molar-refractivity contribution in [3.05, 3.63) is 35.4 Å². The first-order valence-corrected chi connectivity index (χ1v) is 6.59. The summed E-state index contributed by atoms with van der Waals surface area (Å²) >= 11 is 0. The van der Waals surface area contributed by atoms with Gasteiger partial charge in [0.05, 0.1) is 0 Å². The molecule has 1 saturated carbocycles. The first kappa shape index (κ1) is 12.6. The molecule has 2 heteroatoms. The number of nitrogens with two attached hydrogens (primary N) is 1. The Morgan fingerprint density at radius 2 is 1.71 bits per heavy atom. The molecule has 1 aromatic rings. The lowest BCUT2D eigenvalue weighted by Crippen LogP contribution is -2.31. The predicted octanol–water partition coefficient (Wildman–Crippen LogP) is 2.81. The van der Waals surface area contributed by atoms with Crippen LogP contribution >= 0.6 is 0 Å². The normalized spacial score (nSPS) is 19.4. The van der Waals surface area contributed by atoms with Crippen molar-refractivity contribution >= 4 is 0 Å². The molecule has 17 heavy (non-hydrogen) atoms. The SMILES string of the molecule is CNCC1(C(N)c2ccc(C(C)C)cc2)CC1. The fraction of sp³-hybridized carbons (Fsp3) is 0.600. The number of hydrogen-bond acceptors (Lipinski definition) is 2. The molecule has 94 valence electrons. The van der Waals surface area contributed by atoms with Crippen LogP contribution in [0.3, 0.4) is 0 Å². The summed E-state index contributed by atoms with van der Waals surface area (Å²) in [5.41, 5.74) is 9.39. The molecule has 0 spiro atoms. The molecular weight excluding hydrogens is 208 g/mol. The Bertz CT molecular complexity index is 363. The van der Waals surface area contributed by atoms with E-state index in [1.54, 1.807) is 0 Å². The molecular formula is C15H24N2. The molecule has 0 radical (unpaired) electrons. The standard InChI is InChI=1S/C15H24N2/c1-11(2)12-4-6-13(7-5-12)14(16)15(8-9-15)10-17-3/h4-7,11,14,17H,8-10,16H2,1-3H3. The van der Waals surface area contributed by atoms with Crippen LogP contribution in [0.2, 0.25) is 0 Å². The van der Waals surface area contributed by atoms with Crippen molar-refractivity contribution in [1.29, 1.82) is 0 Å². The average molecular weight is 232 g/mol. The quantitative estimate of drug-likeness (QED) is 0.819. The Kier molecular flexibility index (Phi) is 3.55. The van der Waals surface area contributed by atoms with Crippen molar-refractivity contribution in [2.75, 3.05) is 13.6 Å². The summed E-state index contributed by atoms with van der Waals surface area (Å²) < 4.78 is 0. The van der Waals surface area contributed by atoms with E-state index in [2.05, 4.69) is 43.4 Å². The van der Waals surface area contributed by atoms with Gasteiger partial charge in [-0.2, -0.15) is 0 Å². The van der Waals surface area contributed by atoms with Crippen LogP contribution < -0.4 is 11.1 Å². The molecule has 0 heterocycles. The van der Waals surface area contributed by atoms with Crippen molar-refractivity contribution < 1.29 is 0 Å². The summed E-state index contributed by atoms with van der Waals surface area (Å²) in [4.78, 5) is 0. The van der Waals surface area contributed by atoms with Gasteiger partial charge in [0.2, 0.25) is 0 Å². The second kappa shape index (κ2) is 4.79. The van der Waals surface area contributed by atoms with Crippen molar-refractivity contribution in [3.63, 3.8) is 0 Å². The van der Waals surface area contributed by atoms with E-state index in [0.29, 0.717) is 11.3 Å². The smallest absolute Gasteiger partial charge is 0.0364 e. The first-order valence-electron chi connectivity index (χ1n) is 6.59. The van der Waals surface area contributed by atoms with Crippen LogP contribution in [0.25, 0.3) is 0 Å². The molecule has 1 aliphatic carbocycles. The summed E-state index contributed by atoms with van der Waals surface area (Å²) in [6, 6.07) is 9.02. The number of hydrogen-bond donors (Lipinski definition) is 2. The zero-order chi connectivity index (χ0) is 12.5. The highest BCUT2D eigenvalue weighted by atomic mass is 14.9. The van der Waals surface area contributed by atoms with E-state index in [0.717, 1.165) is 6.54 Å². The molecule has 0 amide bonds. The van der Waals surface area contributed by atoms with Gasteiger partial charge in [0.15, 0.2) is 0 Å². The van der Waals surface area contributed by atoms with Crippen molar-refractivity contribution in [2.24, 2.45) is 11.1 Å². The van der Waals surface area contributed by atoms with Gasteiger partial charge >= 0.3 is 0 Å². The van der Waals surface area contributed by atoms with Gasteiger partial charge in [0.25, 0.3) is 0 Å². The van der Waals surface area contributed by atoms with Gasteiger partial charge in [-0.1, -0.05) is 38.1 Å². The average Bonchev–Trinajstić information content (AvgIpc) is 3.10. The van der Waals surface area contributed by atoms with E-state index in [-0.39, 0.29) is 6.04 Å². The van der Waals surface area contributed by atoms with Crippen LogP contribution in [-0.2, 0) is 0 Å². The maximum Gasteiger partial charge on any atom is 0.0364 e. The third-order valence-corrected chi connectivity index (χ3v) is 4.04. The maximum absolute atomic E-state index is 6.41. The zero-order valence-electron chi connectivity index (χ0n) is 11.2. The highest BCUT2D eigenvalue weighted by molar-refractivity contribution is 5.29. The number of rotatable bonds is 5. The monoisotopic (exact) mass is 232 g/mol. The van der Waals surface area contributed by atoms with Gasteiger partial charge in [-0.25, -0.2) is 0 Å². The van der Waals surface area contributed by atoms with E-state index in [4.69, 9.17) is 5.73 Å². The van der Waals surface area contributed by atoms with Crippen LogP contribution in [-0.4, -0.2) is 13.6 Å². The van der Waals surface area contributed by atoms with E-state index < -0.39 is 0 Å². The summed E-state index contributed by atoms with van der Waals surface area (Å²) in [5.74, 6) is 0.590. The Morgan fingerprint density at radius 1 is 1.18 bits per heavy atom. The molecule has 1 fully saturated rings. The molecule has 2 nitrogen and oxygen atoms in total. The first-order chi connectivity index (χ1) is 8.09. The lowest BCUT2D eigenvalue weighted by Gasteiger charge is -2.23. The molecule has 0 bridgehead atoms. The van der Waals surface area contributed by atoms with E-state index in [1.807, 2.05) is 7.05 Å². The second-order valence-corrected chi connectivity index (χ2v) is 5.69. The van der Waals surface area contributed by atoms with E-state index in [9.17, 15) is 0 Å². The Balaban J connectivity index is 2.12. The molecule has 3 N–H and O–H groups in total. The topological polar surface area (TPSA) is 38.0 Å². The summed E-state index contributed by atoms with van der Waals surface area (Å²) in [5, 5.41) is 3.27. The summed E-state index contributed by atoms with van der Waals surface area (Å²) in [6.07, 6.45) is 2.50. The zero-order valence-corrected chi connectivity index (χ0v) is 11.2. The highest BCUT2D eigenvalue weighted by Gasteiger charge is 2.47. The molecule has 0 aromatic heterocycles. The fourth-order valence-corrected chi connectivity index (χ4v) is 2.55. The maximum atomic E-state index is 6.41. The molecule has 1 aliphatic rings. The predicted molar refractivity (Wildman–Crippen MR) is 73.1 cm³/mol. The lowest BCUT2D eigenvalue weighted by molar-refractivity contribution is 0.392.